The van der Waals surface area contributed by atoms with Crippen molar-refractivity contribution in [3.8, 4) is 44.9 Å². The standard InChI is InChI=1S/C32H20Cl2O2/c33-21-13-9-19(10-14-21)27-17-29(35)31(25-7-3-1-5-23(25)27)32-26-8-4-2-6-24(26)28(18-30(32)36)20-11-15-22(34)16-12-20/h1-18,35-36H. The second-order valence-electron chi connectivity index (χ2n) is 8.74. The molecule has 0 heterocycles. The van der Waals surface area contributed by atoms with Crippen LogP contribution in [0.5, 0.6) is 11.5 Å². The van der Waals surface area contributed by atoms with Gasteiger partial charge in [-0.3, -0.25) is 0 Å². The maximum absolute atomic E-state index is 11.4. The lowest BCUT2D eigenvalue weighted by atomic mass is 9.86. The van der Waals surface area contributed by atoms with E-state index in [1.165, 1.54) is 0 Å². The summed E-state index contributed by atoms with van der Waals surface area (Å²) >= 11 is 12.2. The van der Waals surface area contributed by atoms with E-state index in [2.05, 4.69) is 0 Å². The van der Waals surface area contributed by atoms with Gasteiger partial charge in [-0.25, -0.2) is 0 Å². The summed E-state index contributed by atoms with van der Waals surface area (Å²) in [5.74, 6) is 0.191. The molecule has 0 bridgehead atoms. The molecule has 0 amide bonds. The lowest BCUT2D eigenvalue weighted by molar-refractivity contribution is 0.470. The molecule has 0 radical (unpaired) electrons. The zero-order valence-corrected chi connectivity index (χ0v) is 20.6. The number of hydrogen-bond acceptors (Lipinski definition) is 2. The molecule has 0 aliphatic rings. The number of halogens is 2. The Hall–Kier alpha value is -3.98. The Balaban J connectivity index is 1.66. The Morgan fingerprint density at radius 2 is 0.750 bits per heavy atom. The Kier molecular flexibility index (Phi) is 5.56. The Morgan fingerprint density at radius 1 is 0.417 bits per heavy atom. The molecule has 0 saturated heterocycles. The fourth-order valence-electron chi connectivity index (χ4n) is 4.98. The first-order valence-electron chi connectivity index (χ1n) is 11.5. The van der Waals surface area contributed by atoms with Crippen LogP contribution in [0.4, 0.5) is 0 Å². The first-order valence-corrected chi connectivity index (χ1v) is 12.3. The number of hydrogen-bond donors (Lipinski definition) is 2. The lowest BCUT2D eigenvalue weighted by Crippen LogP contribution is -1.91. The topological polar surface area (TPSA) is 40.5 Å². The molecule has 0 aliphatic carbocycles. The van der Waals surface area contributed by atoms with Gasteiger partial charge in [0.2, 0.25) is 0 Å². The van der Waals surface area contributed by atoms with Gasteiger partial charge in [-0.1, -0.05) is 96.0 Å². The van der Waals surface area contributed by atoms with Gasteiger partial charge >= 0.3 is 0 Å². The summed E-state index contributed by atoms with van der Waals surface area (Å²) in [6.45, 7) is 0. The predicted octanol–water partition coefficient (Wildman–Crippen LogP) is 9.71. The van der Waals surface area contributed by atoms with Crippen LogP contribution < -0.4 is 0 Å². The zero-order chi connectivity index (χ0) is 24.8. The highest BCUT2D eigenvalue weighted by Gasteiger charge is 2.21. The van der Waals surface area contributed by atoms with Crippen LogP contribution >= 0.6 is 23.2 Å². The van der Waals surface area contributed by atoms with E-state index < -0.39 is 0 Å². The van der Waals surface area contributed by atoms with E-state index in [4.69, 9.17) is 23.2 Å². The van der Waals surface area contributed by atoms with Crippen molar-refractivity contribution in [1.82, 2.24) is 0 Å². The van der Waals surface area contributed by atoms with E-state index in [-0.39, 0.29) is 11.5 Å². The van der Waals surface area contributed by atoms with Crippen molar-refractivity contribution in [3.63, 3.8) is 0 Å². The summed E-state index contributed by atoms with van der Waals surface area (Å²) < 4.78 is 0. The van der Waals surface area contributed by atoms with Crippen LogP contribution in [0.15, 0.2) is 109 Å². The second kappa shape index (κ2) is 8.91. The van der Waals surface area contributed by atoms with Crippen molar-refractivity contribution in [2.24, 2.45) is 0 Å². The maximum Gasteiger partial charge on any atom is 0.124 e. The van der Waals surface area contributed by atoms with E-state index in [9.17, 15) is 10.2 Å². The summed E-state index contributed by atoms with van der Waals surface area (Å²) in [5.41, 5.74) is 4.88. The van der Waals surface area contributed by atoms with Crippen molar-refractivity contribution in [2.45, 2.75) is 0 Å². The molecule has 0 unspecified atom stereocenters. The molecule has 6 rings (SSSR count). The average molecular weight is 507 g/mol. The molecule has 0 fully saturated rings. The van der Waals surface area contributed by atoms with Gasteiger partial charge in [0.05, 0.1) is 0 Å². The van der Waals surface area contributed by atoms with Crippen molar-refractivity contribution in [1.29, 1.82) is 0 Å². The molecule has 36 heavy (non-hydrogen) atoms. The number of benzene rings is 6. The molecule has 2 N–H and O–H groups in total. The first-order chi connectivity index (χ1) is 17.5. The largest absolute Gasteiger partial charge is 0.507 e. The highest BCUT2D eigenvalue weighted by atomic mass is 35.5. The second-order valence-corrected chi connectivity index (χ2v) is 9.61. The minimum absolute atomic E-state index is 0.0957. The lowest BCUT2D eigenvalue weighted by Gasteiger charge is -2.18. The fourth-order valence-corrected chi connectivity index (χ4v) is 5.24. The molecule has 0 saturated carbocycles. The highest BCUT2D eigenvalue weighted by Crippen LogP contribution is 2.49. The number of aromatic hydroxyl groups is 2. The average Bonchev–Trinajstić information content (AvgIpc) is 2.90. The van der Waals surface area contributed by atoms with Crippen molar-refractivity contribution >= 4 is 44.7 Å². The van der Waals surface area contributed by atoms with Crippen LogP contribution in [0.3, 0.4) is 0 Å². The number of phenolic OH excluding ortho intramolecular Hbond substituents is 2. The minimum Gasteiger partial charge on any atom is -0.507 e. The van der Waals surface area contributed by atoms with Crippen LogP contribution in [0.2, 0.25) is 10.0 Å². The van der Waals surface area contributed by atoms with Gasteiger partial charge in [0.1, 0.15) is 11.5 Å². The van der Waals surface area contributed by atoms with Crippen LogP contribution in [-0.2, 0) is 0 Å². The van der Waals surface area contributed by atoms with Gasteiger partial charge in [0.15, 0.2) is 0 Å². The van der Waals surface area contributed by atoms with E-state index in [0.29, 0.717) is 21.2 Å². The monoisotopic (exact) mass is 506 g/mol. The molecule has 0 spiro atoms. The van der Waals surface area contributed by atoms with Gasteiger partial charge in [-0.15, -0.1) is 0 Å². The third-order valence-corrected chi connectivity index (χ3v) is 7.11. The fraction of sp³-hybridized carbons (Fsp3) is 0. The number of rotatable bonds is 3. The third kappa shape index (κ3) is 3.76. The van der Waals surface area contributed by atoms with Gasteiger partial charge in [0.25, 0.3) is 0 Å². The summed E-state index contributed by atoms with van der Waals surface area (Å²) in [5, 5.41) is 27.8. The van der Waals surface area contributed by atoms with Crippen molar-refractivity contribution in [3.05, 3.63) is 119 Å². The zero-order valence-electron chi connectivity index (χ0n) is 19.0. The van der Waals surface area contributed by atoms with E-state index in [1.807, 2.05) is 97.1 Å². The number of fused-ring (bicyclic) bond motifs is 2. The molecular weight excluding hydrogens is 487 g/mol. The SMILES string of the molecule is Oc1cc(-c2ccc(Cl)cc2)c2ccccc2c1-c1c(O)cc(-c2ccc(Cl)cc2)c2ccccc12. The Morgan fingerprint density at radius 3 is 1.11 bits per heavy atom. The molecule has 0 aromatic heterocycles. The van der Waals surface area contributed by atoms with Crippen molar-refractivity contribution in [2.75, 3.05) is 0 Å². The molecule has 6 aromatic carbocycles. The smallest absolute Gasteiger partial charge is 0.124 e. The van der Waals surface area contributed by atoms with Crippen LogP contribution in [0.1, 0.15) is 0 Å². The summed E-state index contributed by atoms with van der Waals surface area (Å²) in [6.07, 6.45) is 0. The molecule has 174 valence electrons. The Bertz CT molecular complexity index is 1620. The van der Waals surface area contributed by atoms with E-state index in [0.717, 1.165) is 43.8 Å². The van der Waals surface area contributed by atoms with Gasteiger partial charge < -0.3 is 10.2 Å². The molecule has 4 heteroatoms. The van der Waals surface area contributed by atoms with E-state index >= 15 is 0 Å². The minimum atomic E-state index is 0.0957. The molecular formula is C32H20Cl2O2. The molecule has 0 aliphatic heterocycles. The van der Waals surface area contributed by atoms with Crippen LogP contribution in [-0.4, -0.2) is 10.2 Å². The Labute approximate surface area is 218 Å². The normalized spacial score (nSPS) is 11.3. The summed E-state index contributed by atoms with van der Waals surface area (Å²) in [6, 6.07) is 34.5. The summed E-state index contributed by atoms with van der Waals surface area (Å²) in [4.78, 5) is 0. The molecule has 0 atom stereocenters. The van der Waals surface area contributed by atoms with Gasteiger partial charge in [-0.05, 0) is 80.2 Å². The van der Waals surface area contributed by atoms with E-state index in [1.54, 1.807) is 12.1 Å². The highest BCUT2D eigenvalue weighted by molar-refractivity contribution is 6.31. The molecule has 2 nitrogen and oxygen atoms in total. The first kappa shape index (κ1) is 22.5. The summed E-state index contributed by atoms with van der Waals surface area (Å²) in [7, 11) is 0. The van der Waals surface area contributed by atoms with Gasteiger partial charge in [0, 0.05) is 21.2 Å². The maximum atomic E-state index is 11.4. The van der Waals surface area contributed by atoms with Crippen LogP contribution in [0, 0.1) is 0 Å². The number of phenols is 2. The van der Waals surface area contributed by atoms with Crippen molar-refractivity contribution < 1.29 is 10.2 Å². The quantitative estimate of drug-likeness (QED) is 0.250. The molecule has 6 aromatic rings. The predicted molar refractivity (Wildman–Crippen MR) is 151 cm³/mol. The van der Waals surface area contributed by atoms with Crippen LogP contribution in [0.25, 0.3) is 54.9 Å². The van der Waals surface area contributed by atoms with Gasteiger partial charge in [-0.2, -0.15) is 0 Å². The third-order valence-electron chi connectivity index (χ3n) is 6.61.